The van der Waals surface area contributed by atoms with Gasteiger partial charge >= 0.3 is 0 Å². The summed E-state index contributed by atoms with van der Waals surface area (Å²) >= 11 is 3.45. The Morgan fingerprint density at radius 3 is 2.61 bits per heavy atom. The normalized spacial score (nSPS) is 15.5. The number of piperazine rings is 1. The first-order valence-electron chi connectivity index (χ1n) is 7.58. The number of nitrogens with zero attached hydrogens (tertiary/aromatic N) is 3. The molecule has 1 amide bonds. The minimum Gasteiger partial charge on any atom is -0.355 e. The van der Waals surface area contributed by atoms with Crippen molar-refractivity contribution >= 4 is 33.2 Å². The summed E-state index contributed by atoms with van der Waals surface area (Å²) in [7, 11) is 2.07. The predicted octanol–water partition coefficient (Wildman–Crippen LogP) is 2.98. The van der Waals surface area contributed by atoms with E-state index in [0.717, 1.165) is 42.0 Å². The molecule has 120 valence electrons. The van der Waals surface area contributed by atoms with Crippen molar-refractivity contribution in [2.24, 2.45) is 0 Å². The van der Waals surface area contributed by atoms with Crippen LogP contribution in [0.5, 0.6) is 0 Å². The zero-order valence-corrected chi connectivity index (χ0v) is 14.6. The number of benzene rings is 1. The molecule has 0 unspecified atom stereocenters. The number of halogens is 1. The highest BCUT2D eigenvalue weighted by Crippen LogP contribution is 2.21. The number of anilines is 2. The summed E-state index contributed by atoms with van der Waals surface area (Å²) in [5, 5.41) is 3.30. The number of amides is 1. The van der Waals surface area contributed by atoms with Crippen LogP contribution in [0.25, 0.3) is 0 Å². The molecule has 2 heterocycles. The smallest absolute Gasteiger partial charge is 0.272 e. The predicted molar refractivity (Wildman–Crippen MR) is 95.1 cm³/mol. The molecule has 0 atom stereocenters. The van der Waals surface area contributed by atoms with Crippen LogP contribution in [-0.4, -0.2) is 53.9 Å². The Morgan fingerprint density at radius 1 is 1.13 bits per heavy atom. The van der Waals surface area contributed by atoms with E-state index in [1.54, 1.807) is 6.20 Å². The summed E-state index contributed by atoms with van der Waals surface area (Å²) < 4.78 is 1.00. The Hall–Kier alpha value is -1.92. The maximum Gasteiger partial charge on any atom is 0.272 e. The van der Waals surface area contributed by atoms with Crippen LogP contribution in [0.3, 0.4) is 0 Å². The zero-order chi connectivity index (χ0) is 16.2. The van der Waals surface area contributed by atoms with Gasteiger partial charge in [0.2, 0.25) is 0 Å². The molecule has 0 radical (unpaired) electrons. The lowest BCUT2D eigenvalue weighted by molar-refractivity contribution is 0.0658. The van der Waals surface area contributed by atoms with Crippen molar-refractivity contribution in [3.05, 3.63) is 52.8 Å². The van der Waals surface area contributed by atoms with Gasteiger partial charge in [-0.1, -0.05) is 22.0 Å². The van der Waals surface area contributed by atoms with Gasteiger partial charge in [-0.3, -0.25) is 9.78 Å². The van der Waals surface area contributed by atoms with Gasteiger partial charge in [0.05, 0.1) is 0 Å². The van der Waals surface area contributed by atoms with Crippen LogP contribution >= 0.6 is 15.9 Å². The summed E-state index contributed by atoms with van der Waals surface area (Å²) in [5.41, 5.74) is 2.30. The molecule has 1 saturated heterocycles. The van der Waals surface area contributed by atoms with Crippen LogP contribution in [0.15, 0.2) is 47.1 Å². The number of carbonyl (C=O) groups is 1. The van der Waals surface area contributed by atoms with Gasteiger partial charge in [0.25, 0.3) is 5.91 Å². The molecule has 3 rings (SSSR count). The van der Waals surface area contributed by atoms with Crippen molar-refractivity contribution in [1.29, 1.82) is 0 Å². The maximum atomic E-state index is 12.6. The van der Waals surface area contributed by atoms with E-state index in [2.05, 4.69) is 38.2 Å². The SMILES string of the molecule is CN1CCN(C(=O)c2cc(Nc3cccc(Br)c3)ccn2)CC1. The third-order valence-corrected chi connectivity index (χ3v) is 4.38. The lowest BCUT2D eigenvalue weighted by atomic mass is 10.2. The minimum absolute atomic E-state index is 0.00371. The average molecular weight is 375 g/mol. The van der Waals surface area contributed by atoms with E-state index in [9.17, 15) is 4.79 Å². The number of hydrogen-bond donors (Lipinski definition) is 1. The molecule has 5 nitrogen and oxygen atoms in total. The number of likely N-dealkylation sites (N-methyl/N-ethyl adjacent to an activating group) is 1. The van der Waals surface area contributed by atoms with Crippen molar-refractivity contribution < 1.29 is 4.79 Å². The van der Waals surface area contributed by atoms with Gasteiger partial charge in [0, 0.05) is 48.2 Å². The molecule has 1 aromatic carbocycles. The highest BCUT2D eigenvalue weighted by Gasteiger charge is 2.21. The monoisotopic (exact) mass is 374 g/mol. The number of carbonyl (C=O) groups excluding carboxylic acids is 1. The van der Waals surface area contributed by atoms with Gasteiger partial charge in [-0.15, -0.1) is 0 Å². The van der Waals surface area contributed by atoms with Crippen LogP contribution in [0, 0.1) is 0 Å². The number of nitrogens with one attached hydrogen (secondary N) is 1. The largest absolute Gasteiger partial charge is 0.355 e. The van der Waals surface area contributed by atoms with E-state index in [-0.39, 0.29) is 5.91 Å². The highest BCUT2D eigenvalue weighted by molar-refractivity contribution is 9.10. The lowest BCUT2D eigenvalue weighted by Gasteiger charge is -2.32. The Labute approximate surface area is 144 Å². The maximum absolute atomic E-state index is 12.6. The Morgan fingerprint density at radius 2 is 1.87 bits per heavy atom. The Balaban J connectivity index is 1.73. The molecule has 2 aromatic rings. The molecular formula is C17H19BrN4O. The number of hydrogen-bond acceptors (Lipinski definition) is 4. The van der Waals surface area contributed by atoms with Gasteiger partial charge in [0.15, 0.2) is 0 Å². The fraction of sp³-hybridized carbons (Fsp3) is 0.294. The molecule has 6 heteroatoms. The van der Waals surface area contributed by atoms with E-state index in [1.165, 1.54) is 0 Å². The van der Waals surface area contributed by atoms with Gasteiger partial charge in [-0.25, -0.2) is 0 Å². The van der Waals surface area contributed by atoms with E-state index < -0.39 is 0 Å². The van der Waals surface area contributed by atoms with Crippen molar-refractivity contribution in [1.82, 2.24) is 14.8 Å². The second-order valence-electron chi connectivity index (χ2n) is 5.66. The zero-order valence-electron chi connectivity index (χ0n) is 13.0. The molecule has 1 fully saturated rings. The molecule has 1 aromatic heterocycles. The van der Waals surface area contributed by atoms with Crippen molar-refractivity contribution in [3.63, 3.8) is 0 Å². The fourth-order valence-corrected chi connectivity index (χ4v) is 2.93. The Bertz CT molecular complexity index is 698. The first-order chi connectivity index (χ1) is 11.1. The molecular weight excluding hydrogens is 356 g/mol. The average Bonchev–Trinajstić information content (AvgIpc) is 2.55. The molecule has 1 N–H and O–H groups in total. The second-order valence-corrected chi connectivity index (χ2v) is 6.58. The summed E-state index contributed by atoms with van der Waals surface area (Å²) in [6, 6.07) is 11.6. The van der Waals surface area contributed by atoms with E-state index in [0.29, 0.717) is 5.69 Å². The van der Waals surface area contributed by atoms with Crippen molar-refractivity contribution in [2.45, 2.75) is 0 Å². The topological polar surface area (TPSA) is 48.5 Å². The van der Waals surface area contributed by atoms with Crippen LogP contribution in [0.4, 0.5) is 11.4 Å². The molecule has 0 saturated carbocycles. The minimum atomic E-state index is -0.00371. The second kappa shape index (κ2) is 7.10. The number of aromatic nitrogens is 1. The summed E-state index contributed by atoms with van der Waals surface area (Å²) in [6.45, 7) is 3.31. The quantitative estimate of drug-likeness (QED) is 0.896. The number of pyridine rings is 1. The summed E-state index contributed by atoms with van der Waals surface area (Å²) in [6.07, 6.45) is 1.67. The van der Waals surface area contributed by atoms with Gasteiger partial charge < -0.3 is 15.1 Å². The standard InChI is InChI=1S/C17H19BrN4O/c1-21-7-9-22(10-8-21)17(23)16-12-15(5-6-19-16)20-14-4-2-3-13(18)11-14/h2-6,11-12H,7-10H2,1H3,(H,19,20). The lowest BCUT2D eigenvalue weighted by Crippen LogP contribution is -2.47. The summed E-state index contributed by atoms with van der Waals surface area (Å²) in [4.78, 5) is 20.9. The molecule has 0 spiro atoms. The van der Waals surface area contributed by atoms with Gasteiger partial charge in [-0.05, 0) is 37.4 Å². The van der Waals surface area contributed by atoms with Crippen molar-refractivity contribution in [3.8, 4) is 0 Å². The third kappa shape index (κ3) is 4.09. The van der Waals surface area contributed by atoms with Crippen LogP contribution in [-0.2, 0) is 0 Å². The van der Waals surface area contributed by atoms with Crippen molar-refractivity contribution in [2.75, 3.05) is 38.5 Å². The third-order valence-electron chi connectivity index (χ3n) is 3.88. The first kappa shape index (κ1) is 16.0. The molecule has 0 aliphatic carbocycles. The summed E-state index contributed by atoms with van der Waals surface area (Å²) in [5.74, 6) is -0.00371. The fourth-order valence-electron chi connectivity index (χ4n) is 2.53. The van der Waals surface area contributed by atoms with E-state index >= 15 is 0 Å². The molecule has 1 aliphatic rings. The highest BCUT2D eigenvalue weighted by atomic mass is 79.9. The number of rotatable bonds is 3. The van der Waals surface area contributed by atoms with E-state index in [4.69, 9.17) is 0 Å². The van der Waals surface area contributed by atoms with E-state index in [1.807, 2.05) is 41.3 Å². The Kier molecular flexibility index (Phi) is 4.93. The first-order valence-corrected chi connectivity index (χ1v) is 8.37. The van der Waals surface area contributed by atoms with Gasteiger partial charge in [0.1, 0.15) is 5.69 Å². The van der Waals surface area contributed by atoms with Crippen LogP contribution in [0.1, 0.15) is 10.5 Å². The molecule has 1 aliphatic heterocycles. The van der Waals surface area contributed by atoms with Crippen LogP contribution < -0.4 is 5.32 Å². The molecule has 23 heavy (non-hydrogen) atoms. The van der Waals surface area contributed by atoms with Gasteiger partial charge in [-0.2, -0.15) is 0 Å². The van der Waals surface area contributed by atoms with Crippen LogP contribution in [0.2, 0.25) is 0 Å². The molecule has 0 bridgehead atoms.